The first kappa shape index (κ1) is 32.4. The normalized spacial score (nSPS) is 23.3. The summed E-state index contributed by atoms with van der Waals surface area (Å²) in [5, 5.41) is 1.17. The molecule has 1 saturated carbocycles. The first-order chi connectivity index (χ1) is 21.6. The third-order valence-corrected chi connectivity index (χ3v) is 8.94. The Bertz CT molecular complexity index is 1510. The Morgan fingerprint density at radius 3 is 2.13 bits per heavy atom. The van der Waals surface area contributed by atoms with Crippen molar-refractivity contribution in [3.8, 4) is 5.75 Å². The SMILES string of the molecule is CC(=O)OCC1OC(c2cc(Cc3cc4ccccc4s3)ccc2OC2CCCC2)C(OC(C)=O)C(OC(C)=O)[C@@H]1OC(C)=O. The van der Waals surface area contributed by atoms with Gasteiger partial charge in [0, 0.05) is 49.3 Å². The number of carbonyl (C=O) groups excluding carboxylic acids is 4. The van der Waals surface area contributed by atoms with E-state index in [1.807, 2.05) is 30.3 Å². The van der Waals surface area contributed by atoms with E-state index in [0.29, 0.717) is 17.7 Å². The van der Waals surface area contributed by atoms with Crippen molar-refractivity contribution in [1.82, 2.24) is 0 Å². The van der Waals surface area contributed by atoms with Crippen LogP contribution in [0.25, 0.3) is 10.1 Å². The summed E-state index contributed by atoms with van der Waals surface area (Å²) in [6.45, 7) is 4.60. The Kier molecular flexibility index (Phi) is 10.4. The zero-order chi connectivity index (χ0) is 32.1. The minimum Gasteiger partial charge on any atom is -0.490 e. The fourth-order valence-electron chi connectivity index (χ4n) is 6.03. The van der Waals surface area contributed by atoms with Crippen LogP contribution < -0.4 is 4.74 Å². The van der Waals surface area contributed by atoms with E-state index >= 15 is 0 Å². The average molecular weight is 639 g/mol. The second-order valence-corrected chi connectivity index (χ2v) is 12.6. The highest BCUT2D eigenvalue weighted by Crippen LogP contribution is 2.42. The van der Waals surface area contributed by atoms with Crippen molar-refractivity contribution < 1.29 is 47.6 Å². The first-order valence-electron chi connectivity index (χ1n) is 15.1. The molecule has 240 valence electrons. The number of thiophene rings is 1. The van der Waals surface area contributed by atoms with E-state index in [-0.39, 0.29) is 12.7 Å². The molecule has 0 N–H and O–H groups in total. The predicted molar refractivity (Wildman–Crippen MR) is 165 cm³/mol. The molecule has 2 fully saturated rings. The summed E-state index contributed by atoms with van der Waals surface area (Å²) >= 11 is 1.71. The zero-order valence-corrected chi connectivity index (χ0v) is 26.6. The molecular weight excluding hydrogens is 600 g/mol. The molecule has 11 heteroatoms. The van der Waals surface area contributed by atoms with Gasteiger partial charge < -0.3 is 28.4 Å². The molecular formula is C34H38O10S. The van der Waals surface area contributed by atoms with Crippen LogP contribution in [-0.4, -0.2) is 61.0 Å². The molecule has 0 bridgehead atoms. The number of rotatable bonds is 10. The van der Waals surface area contributed by atoms with Crippen LogP contribution in [0.3, 0.4) is 0 Å². The highest BCUT2D eigenvalue weighted by atomic mass is 32.1. The number of fused-ring (bicyclic) bond motifs is 1. The van der Waals surface area contributed by atoms with Crippen molar-refractivity contribution in [1.29, 1.82) is 0 Å². The summed E-state index contributed by atoms with van der Waals surface area (Å²) in [6, 6.07) is 16.2. The molecule has 45 heavy (non-hydrogen) atoms. The summed E-state index contributed by atoms with van der Waals surface area (Å²) in [5.41, 5.74) is 1.54. The molecule has 5 rings (SSSR count). The topological polar surface area (TPSA) is 124 Å². The van der Waals surface area contributed by atoms with Crippen molar-refractivity contribution in [3.63, 3.8) is 0 Å². The molecule has 0 spiro atoms. The van der Waals surface area contributed by atoms with Gasteiger partial charge in [0.2, 0.25) is 0 Å². The number of hydrogen-bond acceptors (Lipinski definition) is 11. The molecule has 5 atom stereocenters. The maximum absolute atomic E-state index is 12.5. The van der Waals surface area contributed by atoms with E-state index < -0.39 is 54.4 Å². The smallest absolute Gasteiger partial charge is 0.303 e. The van der Waals surface area contributed by atoms with E-state index in [9.17, 15) is 19.2 Å². The van der Waals surface area contributed by atoms with Gasteiger partial charge in [-0.15, -0.1) is 11.3 Å². The number of carbonyl (C=O) groups is 4. The third-order valence-electron chi connectivity index (χ3n) is 7.82. The number of esters is 4. The van der Waals surface area contributed by atoms with Crippen molar-refractivity contribution >= 4 is 45.3 Å². The van der Waals surface area contributed by atoms with Gasteiger partial charge in [-0.2, -0.15) is 0 Å². The first-order valence-corrected chi connectivity index (χ1v) is 16.0. The maximum atomic E-state index is 12.5. The second kappa shape index (κ2) is 14.4. The number of hydrogen-bond donors (Lipinski definition) is 0. The molecule has 1 saturated heterocycles. The lowest BCUT2D eigenvalue weighted by Gasteiger charge is -2.45. The van der Waals surface area contributed by atoms with Gasteiger partial charge in [0.1, 0.15) is 24.6 Å². The molecule has 1 aliphatic carbocycles. The number of benzene rings is 2. The van der Waals surface area contributed by atoms with Crippen molar-refractivity contribution in [3.05, 3.63) is 64.5 Å². The van der Waals surface area contributed by atoms with Crippen LogP contribution in [0.1, 0.15) is 75.5 Å². The van der Waals surface area contributed by atoms with Crippen molar-refractivity contribution in [2.45, 2.75) is 96.4 Å². The molecule has 3 aromatic rings. The van der Waals surface area contributed by atoms with Gasteiger partial charge in [-0.3, -0.25) is 19.2 Å². The highest BCUT2D eigenvalue weighted by molar-refractivity contribution is 7.19. The van der Waals surface area contributed by atoms with Gasteiger partial charge in [0.25, 0.3) is 0 Å². The van der Waals surface area contributed by atoms with Gasteiger partial charge in [-0.25, -0.2) is 0 Å². The van der Waals surface area contributed by atoms with Crippen LogP contribution in [0.2, 0.25) is 0 Å². The van der Waals surface area contributed by atoms with E-state index in [1.54, 1.807) is 11.3 Å². The van der Waals surface area contributed by atoms with Crippen LogP contribution in [0.4, 0.5) is 0 Å². The van der Waals surface area contributed by atoms with Gasteiger partial charge in [0.15, 0.2) is 18.3 Å². The summed E-state index contributed by atoms with van der Waals surface area (Å²) in [6.07, 6.45) is -1.23. The molecule has 10 nitrogen and oxygen atoms in total. The van der Waals surface area contributed by atoms with Crippen LogP contribution in [0, 0.1) is 0 Å². The monoisotopic (exact) mass is 638 g/mol. The van der Waals surface area contributed by atoms with E-state index in [1.165, 1.54) is 37.8 Å². The summed E-state index contributed by atoms with van der Waals surface area (Å²) < 4.78 is 36.5. The molecule has 1 aromatic heterocycles. The molecule has 4 unspecified atom stereocenters. The van der Waals surface area contributed by atoms with Crippen LogP contribution >= 0.6 is 11.3 Å². The lowest BCUT2D eigenvalue weighted by molar-refractivity contribution is -0.254. The van der Waals surface area contributed by atoms with Gasteiger partial charge in [0.05, 0.1) is 6.10 Å². The Morgan fingerprint density at radius 2 is 1.47 bits per heavy atom. The van der Waals surface area contributed by atoms with Gasteiger partial charge in [-0.05, 0) is 60.9 Å². The standard InChI is InChI=1S/C34H38O10S/c1-19(35)39-18-29-32(40-20(2)36)34(42-22(4)38)33(41-21(3)37)31(44-29)27-16-23(13-14-28(27)43-25-10-6-7-11-25)15-26-17-24-9-5-8-12-30(24)45-26/h5,8-9,12-14,16-17,25,29,31-34H,6-7,10-11,15,18H2,1-4H3/t29?,31?,32-,33?,34?/m1/s1. The Balaban J connectivity index is 1.59. The summed E-state index contributed by atoms with van der Waals surface area (Å²) in [7, 11) is 0. The van der Waals surface area contributed by atoms with Crippen LogP contribution in [-0.2, 0) is 49.3 Å². The minimum absolute atomic E-state index is 0.00265. The molecule has 2 aromatic carbocycles. The Hall–Kier alpha value is -3.96. The molecule has 2 aliphatic rings. The summed E-state index contributed by atoms with van der Waals surface area (Å²) in [5.74, 6) is -2.03. The molecule has 2 heterocycles. The lowest BCUT2D eigenvalue weighted by atomic mass is 9.89. The molecule has 0 radical (unpaired) electrons. The van der Waals surface area contributed by atoms with E-state index in [2.05, 4.69) is 18.2 Å². The van der Waals surface area contributed by atoms with E-state index in [0.717, 1.165) is 36.1 Å². The fourth-order valence-corrected chi connectivity index (χ4v) is 7.13. The second-order valence-electron chi connectivity index (χ2n) is 11.4. The van der Waals surface area contributed by atoms with Crippen molar-refractivity contribution in [2.24, 2.45) is 0 Å². The predicted octanol–water partition coefficient (Wildman–Crippen LogP) is 5.61. The van der Waals surface area contributed by atoms with Gasteiger partial charge >= 0.3 is 23.9 Å². The Morgan fingerprint density at radius 1 is 0.800 bits per heavy atom. The van der Waals surface area contributed by atoms with Gasteiger partial charge in [-0.1, -0.05) is 24.3 Å². The quantitative estimate of drug-likeness (QED) is 0.204. The lowest BCUT2D eigenvalue weighted by Crippen LogP contribution is -2.59. The van der Waals surface area contributed by atoms with Crippen molar-refractivity contribution in [2.75, 3.05) is 6.61 Å². The highest BCUT2D eigenvalue weighted by Gasteiger charge is 2.53. The molecule has 1 aliphatic heterocycles. The largest absolute Gasteiger partial charge is 0.490 e. The fraction of sp³-hybridized carbons (Fsp3) is 0.471. The van der Waals surface area contributed by atoms with E-state index in [4.69, 9.17) is 28.4 Å². The Labute approximate surface area is 265 Å². The number of ether oxygens (including phenoxy) is 6. The maximum Gasteiger partial charge on any atom is 0.303 e. The van der Waals surface area contributed by atoms with Crippen LogP contribution in [0.15, 0.2) is 48.5 Å². The summed E-state index contributed by atoms with van der Waals surface area (Å²) in [4.78, 5) is 50.0. The molecule has 0 amide bonds. The average Bonchev–Trinajstić information content (AvgIpc) is 3.64. The zero-order valence-electron chi connectivity index (χ0n) is 25.8. The van der Waals surface area contributed by atoms with Crippen LogP contribution in [0.5, 0.6) is 5.75 Å². The third kappa shape index (κ3) is 8.20. The minimum atomic E-state index is -1.26.